The Morgan fingerprint density at radius 1 is 1.35 bits per heavy atom. The number of methoxy groups -OCH3 is 1. The quantitative estimate of drug-likeness (QED) is 0.514. The van der Waals surface area contributed by atoms with Gasteiger partial charge in [0.1, 0.15) is 11.5 Å². The van der Waals surface area contributed by atoms with Crippen LogP contribution in [0.1, 0.15) is 45.1 Å². The molecular formula is C20H31N3O3. The van der Waals surface area contributed by atoms with E-state index in [1.807, 2.05) is 6.07 Å². The lowest BCUT2D eigenvalue weighted by molar-refractivity contribution is -0.168. The summed E-state index contributed by atoms with van der Waals surface area (Å²) in [4.78, 5) is 4.67. The summed E-state index contributed by atoms with van der Waals surface area (Å²) in [5, 5.41) is 17.0. The molecule has 0 radical (unpaired) electrons. The van der Waals surface area contributed by atoms with E-state index in [1.54, 1.807) is 19.2 Å². The van der Waals surface area contributed by atoms with Gasteiger partial charge in [-0.1, -0.05) is 6.42 Å². The second-order valence-corrected chi connectivity index (χ2v) is 7.15. The second kappa shape index (κ2) is 8.16. The third-order valence-corrected chi connectivity index (χ3v) is 5.79. The molecule has 2 aliphatic carbocycles. The molecule has 3 rings (SSSR count). The first-order valence-corrected chi connectivity index (χ1v) is 9.65. The number of rotatable bonds is 7. The molecule has 144 valence electrons. The standard InChI is InChI=1S/C20H31N3O3/c1-4-21-19(22-13-14-11-15(25-3)7-8-16(14)24)23-17-12-18(26-5-2)20(17)9-6-10-20/h7-8,11,17-18,24H,4-6,9-10,12-13H2,1-3H3,(H2,21,22,23). The van der Waals surface area contributed by atoms with Gasteiger partial charge in [0.2, 0.25) is 0 Å². The van der Waals surface area contributed by atoms with Crippen LogP contribution in [0.3, 0.4) is 0 Å². The van der Waals surface area contributed by atoms with Crippen molar-refractivity contribution in [3.63, 3.8) is 0 Å². The lowest BCUT2D eigenvalue weighted by Gasteiger charge is -2.61. The Bertz CT molecular complexity index is 643. The zero-order valence-corrected chi connectivity index (χ0v) is 16.0. The minimum atomic E-state index is 0.237. The molecule has 1 aromatic rings. The van der Waals surface area contributed by atoms with Crippen LogP contribution in [0, 0.1) is 5.41 Å². The number of aliphatic imine (C=N–C) groups is 1. The summed E-state index contributed by atoms with van der Waals surface area (Å²) in [5.74, 6) is 1.75. The summed E-state index contributed by atoms with van der Waals surface area (Å²) in [5.41, 5.74) is 1.03. The number of hydrogen-bond acceptors (Lipinski definition) is 4. The number of nitrogens with one attached hydrogen (secondary N) is 2. The lowest BCUT2D eigenvalue weighted by Crippen LogP contribution is -2.68. The minimum absolute atomic E-state index is 0.237. The van der Waals surface area contributed by atoms with Gasteiger partial charge in [0.25, 0.3) is 0 Å². The Morgan fingerprint density at radius 2 is 2.15 bits per heavy atom. The molecule has 0 heterocycles. The molecule has 2 aliphatic rings. The van der Waals surface area contributed by atoms with Crippen LogP contribution in [0.25, 0.3) is 0 Å². The van der Waals surface area contributed by atoms with Gasteiger partial charge in [0.05, 0.1) is 19.8 Å². The predicted octanol–water partition coefficient (Wildman–Crippen LogP) is 2.80. The van der Waals surface area contributed by atoms with Crippen molar-refractivity contribution in [3.8, 4) is 11.5 Å². The monoisotopic (exact) mass is 361 g/mol. The van der Waals surface area contributed by atoms with Crippen molar-refractivity contribution in [3.05, 3.63) is 23.8 Å². The number of benzene rings is 1. The summed E-state index contributed by atoms with van der Waals surface area (Å²) in [6.07, 6.45) is 5.15. The highest BCUT2D eigenvalue weighted by Gasteiger charge is 2.59. The Morgan fingerprint density at radius 3 is 2.77 bits per heavy atom. The lowest BCUT2D eigenvalue weighted by atomic mass is 9.51. The first-order valence-electron chi connectivity index (χ1n) is 9.65. The average Bonchev–Trinajstić information content (AvgIpc) is 2.58. The van der Waals surface area contributed by atoms with Gasteiger partial charge in [-0.05, 0) is 51.3 Å². The van der Waals surface area contributed by atoms with E-state index in [0.717, 1.165) is 36.8 Å². The molecule has 3 N–H and O–H groups in total. The third kappa shape index (κ3) is 3.61. The number of hydrogen-bond donors (Lipinski definition) is 3. The Hall–Kier alpha value is -1.95. The molecular weight excluding hydrogens is 330 g/mol. The van der Waals surface area contributed by atoms with Crippen LogP contribution in [-0.2, 0) is 11.3 Å². The van der Waals surface area contributed by atoms with E-state index >= 15 is 0 Å². The smallest absolute Gasteiger partial charge is 0.191 e. The van der Waals surface area contributed by atoms with Crippen molar-refractivity contribution in [1.29, 1.82) is 0 Å². The number of nitrogens with zero attached hydrogens (tertiary/aromatic N) is 1. The zero-order chi connectivity index (χ0) is 18.6. The van der Waals surface area contributed by atoms with E-state index in [1.165, 1.54) is 19.3 Å². The zero-order valence-electron chi connectivity index (χ0n) is 16.0. The van der Waals surface area contributed by atoms with Gasteiger partial charge >= 0.3 is 0 Å². The van der Waals surface area contributed by atoms with Gasteiger partial charge in [-0.15, -0.1) is 0 Å². The maximum atomic E-state index is 10.1. The van der Waals surface area contributed by atoms with Gasteiger partial charge in [0.15, 0.2) is 5.96 Å². The van der Waals surface area contributed by atoms with E-state index < -0.39 is 0 Å². The molecule has 0 amide bonds. The van der Waals surface area contributed by atoms with Crippen LogP contribution in [-0.4, -0.2) is 43.5 Å². The van der Waals surface area contributed by atoms with Gasteiger partial charge in [-0.2, -0.15) is 0 Å². The van der Waals surface area contributed by atoms with Crippen molar-refractivity contribution in [2.75, 3.05) is 20.3 Å². The fraction of sp³-hybridized carbons (Fsp3) is 0.650. The molecule has 0 aliphatic heterocycles. The summed E-state index contributed by atoms with van der Waals surface area (Å²) >= 11 is 0. The van der Waals surface area contributed by atoms with E-state index in [2.05, 4.69) is 29.5 Å². The highest BCUT2D eigenvalue weighted by molar-refractivity contribution is 5.80. The van der Waals surface area contributed by atoms with Crippen molar-refractivity contribution in [1.82, 2.24) is 10.6 Å². The third-order valence-electron chi connectivity index (χ3n) is 5.79. The van der Waals surface area contributed by atoms with E-state index in [-0.39, 0.29) is 11.2 Å². The highest BCUT2D eigenvalue weighted by atomic mass is 16.5. The fourth-order valence-corrected chi connectivity index (χ4v) is 4.11. The van der Waals surface area contributed by atoms with Crippen LogP contribution in [0.4, 0.5) is 0 Å². The van der Waals surface area contributed by atoms with Crippen LogP contribution in [0.15, 0.2) is 23.2 Å². The fourth-order valence-electron chi connectivity index (χ4n) is 4.11. The first kappa shape index (κ1) is 18.8. The second-order valence-electron chi connectivity index (χ2n) is 7.15. The Labute approximate surface area is 156 Å². The molecule has 6 nitrogen and oxygen atoms in total. The van der Waals surface area contributed by atoms with Crippen molar-refractivity contribution in [2.24, 2.45) is 10.4 Å². The van der Waals surface area contributed by atoms with Crippen molar-refractivity contribution >= 4 is 5.96 Å². The molecule has 0 bridgehead atoms. The maximum absolute atomic E-state index is 10.1. The SMILES string of the molecule is CCNC(=NCc1cc(OC)ccc1O)NC1CC(OCC)C12CCC2. The van der Waals surface area contributed by atoms with Gasteiger partial charge in [-0.3, -0.25) is 0 Å². The molecule has 2 fully saturated rings. The number of phenolic OH excluding ortho intramolecular Hbond substituents is 1. The predicted molar refractivity (Wildman–Crippen MR) is 103 cm³/mol. The molecule has 0 aromatic heterocycles. The first-order chi connectivity index (χ1) is 12.6. The highest BCUT2D eigenvalue weighted by Crippen LogP contribution is 2.57. The van der Waals surface area contributed by atoms with E-state index in [0.29, 0.717) is 18.7 Å². The Kier molecular flexibility index (Phi) is 5.91. The number of ether oxygens (including phenoxy) is 2. The molecule has 6 heteroatoms. The molecule has 1 spiro atoms. The molecule has 1 aromatic carbocycles. The van der Waals surface area contributed by atoms with Crippen molar-refractivity contribution in [2.45, 2.75) is 58.2 Å². The van der Waals surface area contributed by atoms with Crippen LogP contribution in [0.5, 0.6) is 11.5 Å². The molecule has 2 atom stereocenters. The minimum Gasteiger partial charge on any atom is -0.508 e. The number of guanidine groups is 1. The Balaban J connectivity index is 1.67. The van der Waals surface area contributed by atoms with Gasteiger partial charge < -0.3 is 25.2 Å². The maximum Gasteiger partial charge on any atom is 0.191 e. The number of aromatic hydroxyl groups is 1. The topological polar surface area (TPSA) is 75.1 Å². The average molecular weight is 361 g/mol. The number of phenols is 1. The van der Waals surface area contributed by atoms with Crippen LogP contribution >= 0.6 is 0 Å². The van der Waals surface area contributed by atoms with Gasteiger partial charge in [0, 0.05) is 30.2 Å². The molecule has 2 unspecified atom stereocenters. The van der Waals surface area contributed by atoms with E-state index in [9.17, 15) is 5.11 Å². The van der Waals surface area contributed by atoms with Crippen LogP contribution in [0.2, 0.25) is 0 Å². The summed E-state index contributed by atoms with van der Waals surface area (Å²) in [6.45, 7) is 6.10. The normalized spacial score (nSPS) is 23.9. The van der Waals surface area contributed by atoms with Gasteiger partial charge in [-0.25, -0.2) is 4.99 Å². The summed E-state index contributed by atoms with van der Waals surface area (Å²) < 4.78 is 11.2. The molecule has 2 saturated carbocycles. The molecule has 0 saturated heterocycles. The largest absolute Gasteiger partial charge is 0.508 e. The van der Waals surface area contributed by atoms with E-state index in [4.69, 9.17) is 9.47 Å². The summed E-state index contributed by atoms with van der Waals surface area (Å²) in [6, 6.07) is 5.62. The van der Waals surface area contributed by atoms with Crippen LogP contribution < -0.4 is 15.4 Å². The molecule has 26 heavy (non-hydrogen) atoms. The van der Waals surface area contributed by atoms with Crippen molar-refractivity contribution < 1.29 is 14.6 Å². The summed E-state index contributed by atoms with van der Waals surface area (Å²) in [7, 11) is 1.62.